The first-order chi connectivity index (χ1) is 9.79. The molecule has 2 heterocycles. The van der Waals surface area contributed by atoms with Crippen LogP contribution in [0.4, 0.5) is 0 Å². The minimum absolute atomic E-state index is 0. The number of hydrogen-bond acceptors (Lipinski definition) is 5. The molecule has 8 heteroatoms. The molecule has 1 unspecified atom stereocenters. The smallest absolute Gasteiger partial charge is 0.220 e. The summed E-state index contributed by atoms with van der Waals surface area (Å²) in [6.45, 7) is 4.23. The highest BCUT2D eigenvalue weighted by Gasteiger charge is 2.19. The van der Waals surface area contributed by atoms with Gasteiger partial charge in [0, 0.05) is 6.42 Å². The van der Waals surface area contributed by atoms with Crippen molar-refractivity contribution in [1.29, 1.82) is 0 Å². The number of nitrogens with zero attached hydrogens (tertiary/aromatic N) is 3. The Morgan fingerprint density at radius 2 is 2.19 bits per heavy atom. The molecule has 3 N–H and O–H groups in total. The second-order valence-electron chi connectivity index (χ2n) is 5.41. The maximum Gasteiger partial charge on any atom is 0.220 e. The van der Waals surface area contributed by atoms with E-state index >= 15 is 0 Å². The molecule has 0 aromatic carbocycles. The second-order valence-corrected chi connectivity index (χ2v) is 5.41. The summed E-state index contributed by atoms with van der Waals surface area (Å²) in [6.07, 6.45) is 5.71. The number of hydrogen-bond donors (Lipinski definition) is 3. The van der Waals surface area contributed by atoms with E-state index in [1.807, 2.05) is 0 Å². The lowest BCUT2D eigenvalue weighted by Gasteiger charge is -2.22. The molecule has 0 radical (unpaired) electrons. The lowest BCUT2D eigenvalue weighted by Crippen LogP contribution is -2.31. The van der Waals surface area contributed by atoms with Crippen LogP contribution in [0.5, 0.6) is 0 Å². The molecule has 1 aliphatic heterocycles. The van der Waals surface area contributed by atoms with E-state index in [4.69, 9.17) is 0 Å². The van der Waals surface area contributed by atoms with Gasteiger partial charge in [0.2, 0.25) is 5.91 Å². The third kappa shape index (κ3) is 5.97. The van der Waals surface area contributed by atoms with E-state index in [2.05, 4.69) is 38.2 Å². The first-order valence-corrected chi connectivity index (χ1v) is 7.53. The van der Waals surface area contributed by atoms with Gasteiger partial charge in [0.05, 0.1) is 6.04 Å². The van der Waals surface area contributed by atoms with E-state index in [0.29, 0.717) is 18.2 Å². The van der Waals surface area contributed by atoms with Gasteiger partial charge in [0.15, 0.2) is 5.82 Å². The number of tetrazole rings is 1. The van der Waals surface area contributed by atoms with Crippen molar-refractivity contribution in [2.45, 2.75) is 51.5 Å². The number of H-pyrrole nitrogens is 1. The molecule has 0 aliphatic carbocycles. The zero-order chi connectivity index (χ0) is 14.2. The van der Waals surface area contributed by atoms with Gasteiger partial charge in [0.1, 0.15) is 0 Å². The Hall–Kier alpha value is -1.21. The quantitative estimate of drug-likeness (QED) is 0.706. The lowest BCUT2D eigenvalue weighted by molar-refractivity contribution is -0.122. The Bertz CT molecular complexity index is 393. The van der Waals surface area contributed by atoms with Crippen molar-refractivity contribution in [3.8, 4) is 0 Å². The number of aromatic amines is 1. The molecule has 2 rings (SSSR count). The van der Waals surface area contributed by atoms with Crippen LogP contribution in [0.2, 0.25) is 0 Å². The number of halogens is 1. The summed E-state index contributed by atoms with van der Waals surface area (Å²) in [4.78, 5) is 12.1. The van der Waals surface area contributed by atoms with Gasteiger partial charge in [-0.05, 0) is 44.7 Å². The summed E-state index contributed by atoms with van der Waals surface area (Å²) >= 11 is 0. The second kappa shape index (κ2) is 9.68. The predicted molar refractivity (Wildman–Crippen MR) is 82.0 cm³/mol. The Morgan fingerprint density at radius 3 is 2.81 bits per heavy atom. The molecule has 1 aromatic rings. The fourth-order valence-corrected chi connectivity index (χ4v) is 2.64. The number of carbonyl (C=O) groups excluding carboxylic acids is 1. The molecule has 1 saturated heterocycles. The average Bonchev–Trinajstić information content (AvgIpc) is 3.00. The van der Waals surface area contributed by atoms with Crippen LogP contribution in [-0.2, 0) is 4.79 Å². The van der Waals surface area contributed by atoms with Gasteiger partial charge in [0.25, 0.3) is 0 Å². The molecule has 0 spiro atoms. The number of nitrogens with one attached hydrogen (secondary N) is 3. The summed E-state index contributed by atoms with van der Waals surface area (Å²) in [5.74, 6) is 1.34. The largest absolute Gasteiger partial charge is 0.346 e. The van der Waals surface area contributed by atoms with Gasteiger partial charge < -0.3 is 10.6 Å². The number of piperidine rings is 1. The number of rotatable bonds is 7. The van der Waals surface area contributed by atoms with E-state index in [0.717, 1.165) is 32.4 Å². The molecule has 7 nitrogen and oxygen atoms in total. The monoisotopic (exact) mass is 316 g/mol. The summed E-state index contributed by atoms with van der Waals surface area (Å²) in [5.41, 5.74) is 0. The standard InChI is InChI=1S/C13H24N6O.ClH/c1-2-3-11(13-16-18-19-17-13)15-12(20)5-4-10-6-8-14-9-7-10;/h10-11,14H,2-9H2,1H3,(H,15,20)(H,16,17,18,19);1H. The van der Waals surface area contributed by atoms with Gasteiger partial charge >= 0.3 is 0 Å². The van der Waals surface area contributed by atoms with Crippen LogP contribution in [0.3, 0.4) is 0 Å². The Morgan fingerprint density at radius 1 is 1.43 bits per heavy atom. The van der Waals surface area contributed by atoms with Crippen LogP contribution in [-0.4, -0.2) is 39.6 Å². The Kier molecular flexibility index (Phi) is 8.22. The minimum atomic E-state index is -0.126. The predicted octanol–water partition coefficient (Wildman–Crippen LogP) is 1.36. The van der Waals surface area contributed by atoms with Crippen molar-refractivity contribution in [3.05, 3.63) is 5.82 Å². The van der Waals surface area contributed by atoms with E-state index in [1.54, 1.807) is 0 Å². The Labute approximate surface area is 131 Å². The van der Waals surface area contributed by atoms with Gasteiger partial charge in [-0.25, -0.2) is 0 Å². The fourth-order valence-electron chi connectivity index (χ4n) is 2.64. The number of carbonyl (C=O) groups is 1. The molecule has 1 fully saturated rings. The highest BCUT2D eigenvalue weighted by Crippen LogP contribution is 2.18. The van der Waals surface area contributed by atoms with Crippen LogP contribution in [0, 0.1) is 5.92 Å². The number of aromatic nitrogens is 4. The van der Waals surface area contributed by atoms with Crippen molar-refractivity contribution in [1.82, 2.24) is 31.3 Å². The van der Waals surface area contributed by atoms with E-state index in [1.165, 1.54) is 12.8 Å². The third-order valence-electron chi connectivity index (χ3n) is 3.82. The molecule has 1 aliphatic rings. The highest BCUT2D eigenvalue weighted by atomic mass is 35.5. The SMILES string of the molecule is CCCC(NC(=O)CCC1CCNCC1)c1nn[nH]n1.Cl. The first-order valence-electron chi connectivity index (χ1n) is 7.53. The van der Waals surface area contributed by atoms with Crippen molar-refractivity contribution in [2.75, 3.05) is 13.1 Å². The number of amides is 1. The molecule has 1 atom stereocenters. The summed E-state index contributed by atoms with van der Waals surface area (Å²) < 4.78 is 0. The molecule has 0 saturated carbocycles. The zero-order valence-corrected chi connectivity index (χ0v) is 13.3. The maximum atomic E-state index is 12.1. The summed E-state index contributed by atoms with van der Waals surface area (Å²) in [6, 6.07) is -0.126. The van der Waals surface area contributed by atoms with Gasteiger partial charge in [-0.3, -0.25) is 4.79 Å². The molecular formula is C13H25ClN6O. The van der Waals surface area contributed by atoms with Gasteiger partial charge in [-0.2, -0.15) is 5.21 Å². The summed E-state index contributed by atoms with van der Waals surface area (Å²) in [5, 5.41) is 20.3. The van der Waals surface area contributed by atoms with Crippen molar-refractivity contribution < 1.29 is 4.79 Å². The van der Waals surface area contributed by atoms with Crippen LogP contribution >= 0.6 is 12.4 Å². The van der Waals surface area contributed by atoms with Crippen LogP contribution in [0.25, 0.3) is 0 Å². The molecule has 120 valence electrons. The molecular weight excluding hydrogens is 292 g/mol. The molecule has 1 aromatic heterocycles. The lowest BCUT2D eigenvalue weighted by atomic mass is 9.93. The van der Waals surface area contributed by atoms with Crippen molar-refractivity contribution in [3.63, 3.8) is 0 Å². The topological polar surface area (TPSA) is 95.6 Å². The van der Waals surface area contributed by atoms with Crippen LogP contribution in [0.15, 0.2) is 0 Å². The van der Waals surface area contributed by atoms with Crippen LogP contribution in [0.1, 0.15) is 57.3 Å². The van der Waals surface area contributed by atoms with Crippen molar-refractivity contribution in [2.24, 2.45) is 5.92 Å². The zero-order valence-electron chi connectivity index (χ0n) is 12.5. The van der Waals surface area contributed by atoms with Crippen LogP contribution < -0.4 is 10.6 Å². The average molecular weight is 317 g/mol. The third-order valence-corrected chi connectivity index (χ3v) is 3.82. The molecule has 1 amide bonds. The van der Waals surface area contributed by atoms with E-state index in [9.17, 15) is 4.79 Å². The first kappa shape index (κ1) is 17.8. The van der Waals surface area contributed by atoms with Gasteiger partial charge in [-0.15, -0.1) is 22.6 Å². The van der Waals surface area contributed by atoms with E-state index in [-0.39, 0.29) is 24.4 Å². The Balaban J connectivity index is 0.00000220. The molecule has 21 heavy (non-hydrogen) atoms. The maximum absolute atomic E-state index is 12.1. The highest BCUT2D eigenvalue weighted by molar-refractivity contribution is 5.85. The normalized spacial score (nSPS) is 17.0. The summed E-state index contributed by atoms with van der Waals surface area (Å²) in [7, 11) is 0. The fraction of sp³-hybridized carbons (Fsp3) is 0.846. The minimum Gasteiger partial charge on any atom is -0.346 e. The van der Waals surface area contributed by atoms with E-state index < -0.39 is 0 Å². The van der Waals surface area contributed by atoms with Crippen molar-refractivity contribution >= 4 is 18.3 Å². The van der Waals surface area contributed by atoms with Gasteiger partial charge in [-0.1, -0.05) is 18.6 Å². The molecule has 0 bridgehead atoms.